The van der Waals surface area contributed by atoms with E-state index in [4.69, 9.17) is 5.11 Å². The fourth-order valence-electron chi connectivity index (χ4n) is 0.686. The van der Waals surface area contributed by atoms with Gasteiger partial charge in [0.1, 0.15) is 0 Å². The first-order chi connectivity index (χ1) is 5.37. The van der Waals surface area contributed by atoms with Crippen molar-refractivity contribution in [3.05, 3.63) is 0 Å². The molecule has 0 aromatic rings. The quantitative estimate of drug-likeness (QED) is 0.636. The van der Waals surface area contributed by atoms with Gasteiger partial charge in [0.2, 0.25) is 0 Å². The van der Waals surface area contributed by atoms with E-state index in [1.54, 1.807) is 6.92 Å². The number of carboxylic acids is 1. The van der Waals surface area contributed by atoms with Crippen molar-refractivity contribution in [3.8, 4) is 0 Å². The Labute approximate surface area is 71.5 Å². The average molecular weight is 196 g/mol. The molecular weight excluding hydrogens is 184 g/mol. The molecule has 0 aromatic carbocycles. The maximum Gasteiger partial charge on any atom is 0.334 e. The van der Waals surface area contributed by atoms with E-state index < -0.39 is 22.2 Å². The molecule has 0 spiro atoms. The molecule has 6 heteroatoms. The lowest BCUT2D eigenvalue weighted by atomic mass is 10.2. The normalized spacial score (nSPS) is 14.2. The van der Waals surface area contributed by atoms with Gasteiger partial charge in [-0.15, -0.1) is 0 Å². The summed E-state index contributed by atoms with van der Waals surface area (Å²) in [6, 6.07) is 0. The van der Waals surface area contributed by atoms with Gasteiger partial charge in [-0.1, -0.05) is 13.3 Å². The molecular formula is C6H12O5S. The summed E-state index contributed by atoms with van der Waals surface area (Å²) in [6.45, 7) is 1.75. The minimum atomic E-state index is -3.67. The van der Waals surface area contributed by atoms with Crippen LogP contribution >= 0.6 is 0 Å². The van der Waals surface area contributed by atoms with Crippen molar-refractivity contribution in [1.82, 2.24) is 0 Å². The summed E-state index contributed by atoms with van der Waals surface area (Å²) < 4.78 is 25.4. The first-order valence-corrected chi connectivity index (χ1v) is 5.29. The minimum absolute atomic E-state index is 0.197. The van der Waals surface area contributed by atoms with Crippen molar-refractivity contribution in [2.24, 2.45) is 0 Å². The molecule has 0 bridgehead atoms. The summed E-state index contributed by atoms with van der Waals surface area (Å²) >= 11 is 0. The van der Waals surface area contributed by atoms with Crippen LogP contribution in [0.3, 0.4) is 0 Å². The van der Waals surface area contributed by atoms with Crippen molar-refractivity contribution in [1.29, 1.82) is 0 Å². The number of hydrogen-bond acceptors (Lipinski definition) is 4. The zero-order valence-corrected chi connectivity index (χ0v) is 7.80. The third-order valence-electron chi connectivity index (χ3n) is 1.12. The van der Waals surface area contributed by atoms with Gasteiger partial charge >= 0.3 is 5.97 Å². The Morgan fingerprint density at radius 1 is 1.58 bits per heavy atom. The van der Waals surface area contributed by atoms with Crippen LogP contribution in [0.25, 0.3) is 0 Å². The van der Waals surface area contributed by atoms with E-state index in [-0.39, 0.29) is 6.42 Å². The number of rotatable bonds is 5. The Kier molecular flexibility index (Phi) is 4.19. The van der Waals surface area contributed by atoms with E-state index in [0.29, 0.717) is 6.42 Å². The summed E-state index contributed by atoms with van der Waals surface area (Å²) in [6.07, 6.45) is 0.345. The maximum atomic E-state index is 10.5. The Balaban J connectivity index is 4.24. The van der Waals surface area contributed by atoms with Gasteiger partial charge in [-0.05, 0) is 6.42 Å². The van der Waals surface area contributed by atoms with Crippen LogP contribution in [0.1, 0.15) is 19.8 Å². The molecule has 1 N–H and O–H groups in total. The Morgan fingerprint density at radius 2 is 2.08 bits per heavy atom. The summed E-state index contributed by atoms with van der Waals surface area (Å²) in [7, 11) is -3.67. The molecule has 0 fully saturated rings. The van der Waals surface area contributed by atoms with Crippen LogP contribution in [0.4, 0.5) is 0 Å². The number of aliphatic carboxylic acids is 1. The molecule has 12 heavy (non-hydrogen) atoms. The topological polar surface area (TPSA) is 80.7 Å². The number of carboxylic acid groups (broad SMARTS) is 1. The Hall–Kier alpha value is -0.620. The summed E-state index contributed by atoms with van der Waals surface area (Å²) in [4.78, 5) is 10.4. The van der Waals surface area contributed by atoms with E-state index in [0.717, 1.165) is 6.26 Å². The molecule has 0 amide bonds. The first-order valence-electron chi connectivity index (χ1n) is 3.48. The highest BCUT2D eigenvalue weighted by Crippen LogP contribution is 2.05. The van der Waals surface area contributed by atoms with Gasteiger partial charge in [-0.3, -0.25) is 4.18 Å². The van der Waals surface area contributed by atoms with Gasteiger partial charge in [0.15, 0.2) is 6.10 Å². The lowest BCUT2D eigenvalue weighted by molar-refractivity contribution is -0.145. The van der Waals surface area contributed by atoms with Crippen LogP contribution in [-0.2, 0) is 19.1 Å². The van der Waals surface area contributed by atoms with Crippen molar-refractivity contribution in [2.45, 2.75) is 25.9 Å². The van der Waals surface area contributed by atoms with Crippen LogP contribution < -0.4 is 0 Å². The third kappa shape index (κ3) is 5.09. The summed E-state index contributed by atoms with van der Waals surface area (Å²) in [5.74, 6) is -1.25. The standard InChI is InChI=1S/C6H12O5S/c1-3-4-5(6(7)8)11-12(2,9)10/h5H,3-4H2,1-2H3,(H,7,8)/t5-/m1/s1. The van der Waals surface area contributed by atoms with Gasteiger partial charge in [-0.25, -0.2) is 4.79 Å². The van der Waals surface area contributed by atoms with Crippen molar-refractivity contribution >= 4 is 16.1 Å². The molecule has 5 nitrogen and oxygen atoms in total. The molecule has 0 rings (SSSR count). The third-order valence-corrected chi connectivity index (χ3v) is 1.70. The molecule has 0 saturated carbocycles. The van der Waals surface area contributed by atoms with Crippen molar-refractivity contribution in [2.75, 3.05) is 6.26 Å². The van der Waals surface area contributed by atoms with Gasteiger partial charge in [0.25, 0.3) is 10.1 Å². The minimum Gasteiger partial charge on any atom is -0.479 e. The van der Waals surface area contributed by atoms with Crippen LogP contribution in [-0.4, -0.2) is 31.9 Å². The fourth-order valence-corrected chi connectivity index (χ4v) is 1.29. The molecule has 0 aliphatic rings. The summed E-state index contributed by atoms with van der Waals surface area (Å²) in [5.41, 5.74) is 0. The monoisotopic (exact) mass is 196 g/mol. The van der Waals surface area contributed by atoms with E-state index in [2.05, 4.69) is 4.18 Å². The highest BCUT2D eigenvalue weighted by Gasteiger charge is 2.21. The summed E-state index contributed by atoms with van der Waals surface area (Å²) in [5, 5.41) is 8.48. The highest BCUT2D eigenvalue weighted by molar-refractivity contribution is 7.86. The molecule has 72 valence electrons. The smallest absolute Gasteiger partial charge is 0.334 e. The van der Waals surface area contributed by atoms with E-state index in [1.807, 2.05) is 0 Å². The molecule has 0 aromatic heterocycles. The fraction of sp³-hybridized carbons (Fsp3) is 0.833. The first kappa shape index (κ1) is 11.4. The van der Waals surface area contributed by atoms with Gasteiger partial charge in [-0.2, -0.15) is 8.42 Å². The van der Waals surface area contributed by atoms with Crippen LogP contribution in [0.2, 0.25) is 0 Å². The molecule has 0 heterocycles. The largest absolute Gasteiger partial charge is 0.479 e. The predicted molar refractivity (Wildman–Crippen MR) is 42.3 cm³/mol. The molecule has 0 aliphatic carbocycles. The SMILES string of the molecule is CCC[C@@H](OS(C)(=O)=O)C(=O)O. The average Bonchev–Trinajstić information content (AvgIpc) is 1.83. The molecule has 0 aliphatic heterocycles. The lowest BCUT2D eigenvalue weighted by Crippen LogP contribution is -2.26. The second-order valence-electron chi connectivity index (χ2n) is 2.42. The van der Waals surface area contributed by atoms with Crippen molar-refractivity contribution in [3.63, 3.8) is 0 Å². The zero-order valence-electron chi connectivity index (χ0n) is 6.98. The Morgan fingerprint density at radius 3 is 2.33 bits per heavy atom. The van der Waals surface area contributed by atoms with Crippen LogP contribution in [0, 0.1) is 0 Å². The lowest BCUT2D eigenvalue weighted by Gasteiger charge is -2.09. The van der Waals surface area contributed by atoms with Gasteiger partial charge in [0, 0.05) is 0 Å². The van der Waals surface area contributed by atoms with Crippen molar-refractivity contribution < 1.29 is 22.5 Å². The number of hydrogen-bond donors (Lipinski definition) is 1. The van der Waals surface area contributed by atoms with Gasteiger partial charge < -0.3 is 5.11 Å². The zero-order chi connectivity index (χ0) is 9.78. The van der Waals surface area contributed by atoms with Crippen LogP contribution in [0.15, 0.2) is 0 Å². The van der Waals surface area contributed by atoms with Crippen LogP contribution in [0.5, 0.6) is 0 Å². The predicted octanol–water partition coefficient (Wildman–Crippen LogP) is 0.216. The Bertz CT molecular complexity index is 243. The van der Waals surface area contributed by atoms with E-state index in [1.165, 1.54) is 0 Å². The van der Waals surface area contributed by atoms with E-state index >= 15 is 0 Å². The second kappa shape index (κ2) is 4.42. The molecule has 0 radical (unpaired) electrons. The molecule has 0 unspecified atom stereocenters. The maximum absolute atomic E-state index is 10.5. The highest BCUT2D eigenvalue weighted by atomic mass is 32.2. The van der Waals surface area contributed by atoms with Gasteiger partial charge in [0.05, 0.1) is 6.26 Å². The molecule has 1 atom stereocenters. The van der Waals surface area contributed by atoms with E-state index in [9.17, 15) is 13.2 Å². The second-order valence-corrected chi connectivity index (χ2v) is 4.02. The number of carbonyl (C=O) groups is 1. The molecule has 0 saturated heterocycles.